The van der Waals surface area contributed by atoms with Crippen LogP contribution in [-0.4, -0.2) is 50.4 Å². The number of fused-ring (bicyclic) bond motifs is 1. The van der Waals surface area contributed by atoms with Crippen molar-refractivity contribution in [1.29, 1.82) is 0 Å². The zero-order valence-electron chi connectivity index (χ0n) is 17.3. The highest BCUT2D eigenvalue weighted by Crippen LogP contribution is 2.30. The highest BCUT2D eigenvalue weighted by molar-refractivity contribution is 6.31. The number of hydrogen-bond donors (Lipinski definition) is 3. The second kappa shape index (κ2) is 9.02. The molecule has 0 fully saturated rings. The first-order chi connectivity index (χ1) is 15.8. The lowest BCUT2D eigenvalue weighted by Crippen LogP contribution is -2.24. The highest BCUT2D eigenvalue weighted by Gasteiger charge is 2.31. The zero-order valence-corrected chi connectivity index (χ0v) is 18.0. The molecular weight excluding hydrogens is 456 g/mol. The number of aromatic nitrogens is 4. The summed E-state index contributed by atoms with van der Waals surface area (Å²) in [5.41, 5.74) is 6.95. The number of hydrogen-bond acceptors (Lipinski definition) is 6. The van der Waals surface area contributed by atoms with Crippen molar-refractivity contribution in [3.8, 4) is 0 Å². The van der Waals surface area contributed by atoms with E-state index in [-0.39, 0.29) is 28.8 Å². The maximum absolute atomic E-state index is 13.4. The topological polar surface area (TPSA) is 139 Å². The van der Waals surface area contributed by atoms with Gasteiger partial charge in [-0.05, 0) is 49.6 Å². The number of aryl methyl sites for hydroxylation is 2. The molecule has 0 bridgehead atoms. The lowest BCUT2D eigenvalue weighted by molar-refractivity contribution is -0.113. The molecule has 3 aromatic rings. The van der Waals surface area contributed by atoms with Gasteiger partial charge in [0, 0.05) is 11.8 Å². The number of rotatable bonds is 7. The maximum Gasteiger partial charge on any atom is 0.279 e. The van der Waals surface area contributed by atoms with Crippen LogP contribution < -0.4 is 11.1 Å². The summed E-state index contributed by atoms with van der Waals surface area (Å²) < 4.78 is 26.7. The average Bonchev–Trinajstić information content (AvgIpc) is 3.40. The van der Waals surface area contributed by atoms with E-state index < -0.39 is 30.0 Å². The Morgan fingerprint density at radius 1 is 1.36 bits per heavy atom. The number of aromatic amines is 1. The van der Waals surface area contributed by atoms with Gasteiger partial charge in [0.05, 0.1) is 28.0 Å². The Bertz CT molecular complexity index is 1320. The molecule has 0 aliphatic carbocycles. The Morgan fingerprint density at radius 2 is 2.15 bits per heavy atom. The molecule has 33 heavy (non-hydrogen) atoms. The van der Waals surface area contributed by atoms with Crippen molar-refractivity contribution in [2.75, 3.05) is 5.32 Å². The second-order valence-corrected chi connectivity index (χ2v) is 7.82. The third-order valence-electron chi connectivity index (χ3n) is 5.25. The normalized spacial score (nSPS) is 15.6. The van der Waals surface area contributed by atoms with E-state index >= 15 is 0 Å². The molecule has 4 rings (SSSR count). The van der Waals surface area contributed by atoms with Crippen molar-refractivity contribution in [1.82, 2.24) is 20.4 Å². The summed E-state index contributed by atoms with van der Waals surface area (Å²) in [6.45, 7) is 1.65. The van der Waals surface area contributed by atoms with Crippen LogP contribution in [0.1, 0.15) is 28.0 Å². The van der Waals surface area contributed by atoms with E-state index in [4.69, 9.17) is 17.3 Å². The molecule has 1 aromatic carbocycles. The number of nitrogens with two attached hydrogens (primary N) is 1. The first-order valence-corrected chi connectivity index (χ1v) is 10.3. The van der Waals surface area contributed by atoms with Crippen LogP contribution in [0.2, 0.25) is 5.02 Å². The Kier molecular flexibility index (Phi) is 6.14. The van der Waals surface area contributed by atoms with Gasteiger partial charge in [-0.25, -0.2) is 8.78 Å². The molecule has 4 N–H and O–H groups in total. The molecule has 9 nitrogen and oxygen atoms in total. The molecule has 170 valence electrons. The standard InChI is InChI=1S/C21H18ClF2N7O2/c1-9-7-14-18(30-31-29-14)16(20(25)32)17(9)28-21(33)10-8-15(19(23)24)27-12(10)4-5-13-11(22)3-2-6-26-13/h2-3,6-8,12,19H,4-5H2,1H3,(H2,25,32)(H,28,33)(H,29,30,31). The Labute approximate surface area is 191 Å². The number of H-pyrrole nitrogens is 1. The summed E-state index contributed by atoms with van der Waals surface area (Å²) in [5.74, 6) is -1.49. The van der Waals surface area contributed by atoms with Gasteiger partial charge in [0.2, 0.25) is 0 Å². The van der Waals surface area contributed by atoms with Gasteiger partial charge >= 0.3 is 0 Å². The second-order valence-electron chi connectivity index (χ2n) is 7.41. The van der Waals surface area contributed by atoms with Crippen LogP contribution in [0.15, 0.2) is 41.0 Å². The summed E-state index contributed by atoms with van der Waals surface area (Å²) in [6.07, 6.45) is 0.359. The molecule has 1 aliphatic rings. The van der Waals surface area contributed by atoms with E-state index in [1.807, 2.05) is 0 Å². The summed E-state index contributed by atoms with van der Waals surface area (Å²) in [4.78, 5) is 33.5. The maximum atomic E-state index is 13.4. The van der Waals surface area contributed by atoms with E-state index in [1.165, 1.54) is 0 Å². The van der Waals surface area contributed by atoms with E-state index in [9.17, 15) is 18.4 Å². The Morgan fingerprint density at radius 3 is 2.85 bits per heavy atom. The van der Waals surface area contributed by atoms with E-state index in [2.05, 4.69) is 30.7 Å². The van der Waals surface area contributed by atoms with Crippen LogP contribution in [-0.2, 0) is 11.2 Å². The van der Waals surface area contributed by atoms with E-state index in [0.29, 0.717) is 28.2 Å². The number of nitrogens with zero attached hydrogens (tertiary/aromatic N) is 4. The number of primary amides is 1. The van der Waals surface area contributed by atoms with E-state index in [1.54, 1.807) is 31.3 Å². The zero-order chi connectivity index (χ0) is 23.7. The van der Waals surface area contributed by atoms with Crippen molar-refractivity contribution in [3.05, 3.63) is 57.9 Å². The molecule has 3 heterocycles. The molecule has 0 saturated carbocycles. The number of pyridine rings is 1. The van der Waals surface area contributed by atoms with Gasteiger partial charge in [0.25, 0.3) is 18.2 Å². The third kappa shape index (κ3) is 4.44. The fourth-order valence-electron chi connectivity index (χ4n) is 3.69. The Balaban J connectivity index is 1.63. The number of anilines is 1. The van der Waals surface area contributed by atoms with Crippen LogP contribution in [0.4, 0.5) is 14.5 Å². The van der Waals surface area contributed by atoms with Crippen LogP contribution in [0, 0.1) is 6.92 Å². The van der Waals surface area contributed by atoms with Crippen molar-refractivity contribution in [3.63, 3.8) is 0 Å². The smallest absolute Gasteiger partial charge is 0.279 e. The van der Waals surface area contributed by atoms with Crippen molar-refractivity contribution < 1.29 is 18.4 Å². The minimum Gasteiger partial charge on any atom is -0.365 e. The lowest BCUT2D eigenvalue weighted by atomic mass is 10.00. The number of allylic oxidation sites excluding steroid dienone is 1. The molecule has 1 aliphatic heterocycles. The third-order valence-corrected chi connectivity index (χ3v) is 5.59. The average molecular weight is 474 g/mol. The highest BCUT2D eigenvalue weighted by atomic mass is 35.5. The predicted molar refractivity (Wildman–Crippen MR) is 119 cm³/mol. The number of alkyl halides is 2. The summed E-state index contributed by atoms with van der Waals surface area (Å²) in [5, 5.41) is 13.2. The van der Waals surface area contributed by atoms with Crippen LogP contribution in [0.25, 0.3) is 11.0 Å². The fraction of sp³-hybridized carbons (Fsp3) is 0.238. The predicted octanol–water partition coefficient (Wildman–Crippen LogP) is 3.00. The summed E-state index contributed by atoms with van der Waals surface area (Å²) >= 11 is 6.13. The minimum atomic E-state index is -2.84. The number of amides is 2. The largest absolute Gasteiger partial charge is 0.365 e. The lowest BCUT2D eigenvalue weighted by Gasteiger charge is -2.16. The fourth-order valence-corrected chi connectivity index (χ4v) is 3.90. The van der Waals surface area contributed by atoms with Crippen LogP contribution in [0.3, 0.4) is 0 Å². The molecule has 2 aromatic heterocycles. The first-order valence-electron chi connectivity index (χ1n) is 9.88. The molecule has 0 spiro atoms. The summed E-state index contributed by atoms with van der Waals surface area (Å²) in [6, 6.07) is 4.13. The van der Waals surface area contributed by atoms with Gasteiger partial charge in [-0.15, -0.1) is 5.10 Å². The Hall–Kier alpha value is -3.73. The number of aliphatic imine (C=N–C) groups is 1. The first kappa shape index (κ1) is 22.5. The van der Waals surface area contributed by atoms with Gasteiger partial charge in [0.15, 0.2) is 0 Å². The quantitative estimate of drug-likeness (QED) is 0.484. The number of halogens is 3. The SMILES string of the molecule is Cc1cc2nn[nH]c2c(C(N)=O)c1NC(=O)C1=CC(C(F)F)=NC1CCc1ncccc1Cl. The molecule has 0 radical (unpaired) electrons. The van der Waals surface area contributed by atoms with Crippen molar-refractivity contribution >= 4 is 45.8 Å². The van der Waals surface area contributed by atoms with Crippen molar-refractivity contribution in [2.24, 2.45) is 10.7 Å². The summed E-state index contributed by atoms with van der Waals surface area (Å²) in [7, 11) is 0. The van der Waals surface area contributed by atoms with E-state index in [0.717, 1.165) is 6.08 Å². The molecule has 12 heteroatoms. The molecule has 1 atom stereocenters. The van der Waals surface area contributed by atoms with Gasteiger partial charge in [-0.2, -0.15) is 0 Å². The van der Waals surface area contributed by atoms with Crippen LogP contribution in [0.5, 0.6) is 0 Å². The molecule has 1 unspecified atom stereocenters. The minimum absolute atomic E-state index is 0.00577. The number of benzene rings is 1. The van der Waals surface area contributed by atoms with Gasteiger partial charge in [0.1, 0.15) is 16.7 Å². The molecular formula is C21H18ClF2N7O2. The molecule has 0 saturated heterocycles. The van der Waals surface area contributed by atoms with Crippen LogP contribution >= 0.6 is 11.6 Å². The van der Waals surface area contributed by atoms with Crippen molar-refractivity contribution in [2.45, 2.75) is 32.2 Å². The van der Waals surface area contributed by atoms with Gasteiger partial charge < -0.3 is 11.1 Å². The number of nitrogens with one attached hydrogen (secondary N) is 2. The number of carbonyl (C=O) groups excluding carboxylic acids is 2. The monoisotopic (exact) mass is 473 g/mol. The number of carbonyl (C=O) groups is 2. The van der Waals surface area contributed by atoms with Gasteiger partial charge in [-0.1, -0.05) is 16.8 Å². The molecule has 2 amide bonds. The van der Waals surface area contributed by atoms with Gasteiger partial charge in [-0.3, -0.25) is 24.7 Å².